The molecule has 3 rings (SSSR count). The van der Waals surface area contributed by atoms with Gasteiger partial charge >= 0.3 is 5.69 Å². The fourth-order valence-electron chi connectivity index (χ4n) is 2.44. The normalized spacial score (nSPS) is 10.8. The molecule has 1 aromatic heterocycles. The lowest BCUT2D eigenvalue weighted by atomic mass is 10.1. The third-order valence-corrected chi connectivity index (χ3v) is 4.53. The largest absolute Gasteiger partial charge is 0.332 e. The summed E-state index contributed by atoms with van der Waals surface area (Å²) in [6.07, 6.45) is 1.90. The molecule has 106 valence electrons. The maximum absolute atomic E-state index is 12.5. The van der Waals surface area contributed by atoms with Crippen LogP contribution >= 0.6 is 15.9 Å². The van der Waals surface area contributed by atoms with E-state index in [0.29, 0.717) is 0 Å². The Kier molecular flexibility index (Phi) is 3.55. The number of hydrogen-bond donors (Lipinski definition) is 0. The maximum Gasteiger partial charge on any atom is 0.332 e. The van der Waals surface area contributed by atoms with E-state index in [0.717, 1.165) is 27.0 Å². The van der Waals surface area contributed by atoms with Crippen molar-refractivity contribution in [3.63, 3.8) is 0 Å². The van der Waals surface area contributed by atoms with Gasteiger partial charge in [-0.25, -0.2) is 4.79 Å². The zero-order chi connectivity index (χ0) is 15.0. The van der Waals surface area contributed by atoms with E-state index in [-0.39, 0.29) is 5.69 Å². The van der Waals surface area contributed by atoms with Crippen molar-refractivity contribution in [1.82, 2.24) is 9.13 Å². The highest BCUT2D eigenvalue weighted by atomic mass is 79.9. The second kappa shape index (κ2) is 5.37. The van der Waals surface area contributed by atoms with E-state index < -0.39 is 0 Å². The average Bonchev–Trinajstić information content (AvgIpc) is 2.79. The Labute approximate surface area is 131 Å². The van der Waals surface area contributed by atoms with Gasteiger partial charge in [0.25, 0.3) is 0 Å². The first kappa shape index (κ1) is 13.9. The summed E-state index contributed by atoms with van der Waals surface area (Å²) in [5.74, 6) is 0. The van der Waals surface area contributed by atoms with Crippen LogP contribution < -0.4 is 5.69 Å². The number of imidazole rings is 1. The number of rotatable bonds is 2. The fourth-order valence-corrected chi connectivity index (χ4v) is 2.79. The Morgan fingerprint density at radius 1 is 1.00 bits per heavy atom. The molecule has 0 atom stereocenters. The molecule has 0 aliphatic carbocycles. The maximum atomic E-state index is 12.5. The van der Waals surface area contributed by atoms with E-state index in [9.17, 15) is 4.79 Å². The van der Waals surface area contributed by atoms with Crippen molar-refractivity contribution in [2.75, 3.05) is 0 Å². The molecule has 0 fully saturated rings. The highest BCUT2D eigenvalue weighted by Gasteiger charge is 2.13. The summed E-state index contributed by atoms with van der Waals surface area (Å²) in [6.45, 7) is 2.00. The van der Waals surface area contributed by atoms with Gasteiger partial charge in [0.05, 0.1) is 11.4 Å². The van der Waals surface area contributed by atoms with Gasteiger partial charge in [0.2, 0.25) is 0 Å². The molecule has 4 heteroatoms. The van der Waals surface area contributed by atoms with Crippen LogP contribution in [0.5, 0.6) is 0 Å². The lowest BCUT2D eigenvalue weighted by molar-refractivity contribution is 0.826. The summed E-state index contributed by atoms with van der Waals surface area (Å²) in [4.78, 5) is 12.5. The Bertz CT molecular complexity index is 847. The molecule has 21 heavy (non-hydrogen) atoms. The van der Waals surface area contributed by atoms with Crippen LogP contribution in [0.1, 0.15) is 5.56 Å². The topological polar surface area (TPSA) is 26.9 Å². The van der Waals surface area contributed by atoms with E-state index in [2.05, 4.69) is 15.9 Å². The summed E-state index contributed by atoms with van der Waals surface area (Å²) < 4.78 is 4.37. The molecule has 0 aliphatic heterocycles. The number of nitrogens with zero attached hydrogens (tertiary/aromatic N) is 2. The van der Waals surface area contributed by atoms with Crippen LogP contribution in [0.3, 0.4) is 0 Å². The van der Waals surface area contributed by atoms with E-state index in [4.69, 9.17) is 0 Å². The van der Waals surface area contributed by atoms with E-state index >= 15 is 0 Å². The third-order valence-electron chi connectivity index (χ3n) is 3.67. The monoisotopic (exact) mass is 342 g/mol. The molecule has 2 aromatic carbocycles. The predicted molar refractivity (Wildman–Crippen MR) is 88.9 cm³/mol. The molecule has 0 amide bonds. The van der Waals surface area contributed by atoms with Crippen molar-refractivity contribution in [3.8, 4) is 16.9 Å². The first-order valence-corrected chi connectivity index (χ1v) is 7.48. The minimum Gasteiger partial charge on any atom is -0.295 e. The Hall–Kier alpha value is -2.07. The summed E-state index contributed by atoms with van der Waals surface area (Å²) in [6, 6.07) is 15.8. The highest BCUT2D eigenvalue weighted by molar-refractivity contribution is 9.10. The van der Waals surface area contributed by atoms with Crippen molar-refractivity contribution in [1.29, 1.82) is 0 Å². The minimum atomic E-state index is -0.0462. The van der Waals surface area contributed by atoms with Crippen molar-refractivity contribution in [2.24, 2.45) is 7.05 Å². The lowest BCUT2D eigenvalue weighted by Gasteiger charge is -2.07. The van der Waals surface area contributed by atoms with Gasteiger partial charge in [-0.05, 0) is 30.2 Å². The van der Waals surface area contributed by atoms with Crippen molar-refractivity contribution >= 4 is 15.9 Å². The Morgan fingerprint density at radius 3 is 2.43 bits per heavy atom. The molecular weight excluding hydrogens is 328 g/mol. The number of aromatic nitrogens is 2. The number of halogens is 1. The second-order valence-corrected chi connectivity index (χ2v) is 5.83. The number of hydrogen-bond acceptors (Lipinski definition) is 1. The van der Waals surface area contributed by atoms with Crippen molar-refractivity contribution in [2.45, 2.75) is 6.92 Å². The zero-order valence-corrected chi connectivity index (χ0v) is 13.5. The van der Waals surface area contributed by atoms with Crippen LogP contribution in [0, 0.1) is 6.92 Å². The molecule has 3 nitrogen and oxygen atoms in total. The van der Waals surface area contributed by atoms with Crippen LogP contribution in [0.15, 0.2) is 64.0 Å². The van der Waals surface area contributed by atoms with Gasteiger partial charge in [-0.15, -0.1) is 0 Å². The van der Waals surface area contributed by atoms with E-state index in [1.807, 2.05) is 61.7 Å². The standard InChI is InChI=1S/C17H15BrN2O/c1-12-14(18)9-6-10-15(12)20-11-16(19(2)17(20)21)13-7-4-3-5-8-13/h3-11H,1-2H3. The van der Waals surface area contributed by atoms with Crippen LogP contribution in [0.25, 0.3) is 16.9 Å². The minimum absolute atomic E-state index is 0.0462. The first-order valence-electron chi connectivity index (χ1n) is 6.69. The summed E-state index contributed by atoms with van der Waals surface area (Å²) in [7, 11) is 1.80. The molecule has 0 unspecified atom stereocenters. The molecule has 1 heterocycles. The molecular formula is C17H15BrN2O. The van der Waals surface area contributed by atoms with Crippen LogP contribution in [0.2, 0.25) is 0 Å². The van der Waals surface area contributed by atoms with Gasteiger partial charge in [-0.3, -0.25) is 9.13 Å². The van der Waals surface area contributed by atoms with E-state index in [1.165, 1.54) is 0 Å². The summed E-state index contributed by atoms with van der Waals surface area (Å²) in [5.41, 5.74) is 3.83. The summed E-state index contributed by atoms with van der Waals surface area (Å²) >= 11 is 3.52. The lowest BCUT2D eigenvalue weighted by Crippen LogP contribution is -2.21. The fraction of sp³-hybridized carbons (Fsp3) is 0.118. The van der Waals surface area contributed by atoms with Crippen molar-refractivity contribution in [3.05, 3.63) is 75.2 Å². The molecule has 0 N–H and O–H groups in total. The molecule has 0 aliphatic rings. The third kappa shape index (κ3) is 2.36. The number of benzene rings is 2. The first-order chi connectivity index (χ1) is 10.1. The quantitative estimate of drug-likeness (QED) is 0.693. The molecule has 0 spiro atoms. The Balaban J connectivity index is 2.23. The predicted octanol–water partition coefficient (Wildman–Crippen LogP) is 3.91. The van der Waals surface area contributed by atoms with Gasteiger partial charge < -0.3 is 0 Å². The van der Waals surface area contributed by atoms with Gasteiger partial charge in [0.15, 0.2) is 0 Å². The molecule has 0 bridgehead atoms. The Morgan fingerprint density at radius 2 is 1.71 bits per heavy atom. The van der Waals surface area contributed by atoms with E-state index in [1.54, 1.807) is 16.2 Å². The van der Waals surface area contributed by atoms with Crippen LogP contribution in [-0.4, -0.2) is 9.13 Å². The van der Waals surface area contributed by atoms with Gasteiger partial charge in [0.1, 0.15) is 0 Å². The van der Waals surface area contributed by atoms with Gasteiger partial charge in [0, 0.05) is 17.7 Å². The van der Waals surface area contributed by atoms with Crippen LogP contribution in [0.4, 0.5) is 0 Å². The second-order valence-electron chi connectivity index (χ2n) is 4.98. The molecule has 0 saturated carbocycles. The van der Waals surface area contributed by atoms with Gasteiger partial charge in [-0.2, -0.15) is 0 Å². The van der Waals surface area contributed by atoms with Crippen molar-refractivity contribution < 1.29 is 0 Å². The average molecular weight is 343 g/mol. The van der Waals surface area contributed by atoms with Gasteiger partial charge in [-0.1, -0.05) is 52.3 Å². The summed E-state index contributed by atoms with van der Waals surface area (Å²) in [5, 5.41) is 0. The van der Waals surface area contributed by atoms with Crippen LogP contribution in [-0.2, 0) is 7.05 Å². The highest BCUT2D eigenvalue weighted by Crippen LogP contribution is 2.24. The smallest absolute Gasteiger partial charge is 0.295 e. The molecule has 3 aromatic rings. The molecule has 0 radical (unpaired) electrons. The SMILES string of the molecule is Cc1c(Br)cccc1-n1cc(-c2ccccc2)n(C)c1=O. The molecule has 0 saturated heterocycles. The zero-order valence-electron chi connectivity index (χ0n) is 11.9.